The van der Waals surface area contributed by atoms with Gasteiger partial charge < -0.3 is 5.11 Å². The van der Waals surface area contributed by atoms with Gasteiger partial charge in [-0.2, -0.15) is 0 Å². The van der Waals surface area contributed by atoms with Gasteiger partial charge in [-0.05, 0) is 18.8 Å². The van der Waals surface area contributed by atoms with E-state index in [9.17, 15) is 4.79 Å². The minimum Gasteiger partial charge on any atom is -0.481 e. The number of unbranched alkanes of at least 4 members (excludes halogenated alkanes) is 4. The number of hydrogen-bond acceptors (Lipinski definition) is 1. The van der Waals surface area contributed by atoms with Crippen LogP contribution in [0.5, 0.6) is 0 Å². The van der Waals surface area contributed by atoms with Crippen molar-refractivity contribution < 1.29 is 9.90 Å². The highest BCUT2D eigenvalue weighted by Crippen LogP contribution is 2.42. The molecule has 1 aliphatic rings. The van der Waals surface area contributed by atoms with Gasteiger partial charge in [0.1, 0.15) is 0 Å². The van der Waals surface area contributed by atoms with Gasteiger partial charge in [0.25, 0.3) is 0 Å². The standard InChI is InChI=1S/C11H20O2/c1-2-3-4-5-6-7-9-8-10(9)11(12)13/h9-10H,2-8H2,1H3,(H,12,13)/t9-,10-/m0/s1. The first-order chi connectivity index (χ1) is 6.25. The van der Waals surface area contributed by atoms with E-state index in [0.29, 0.717) is 5.92 Å². The van der Waals surface area contributed by atoms with Crippen molar-refractivity contribution in [1.29, 1.82) is 0 Å². The fourth-order valence-electron chi connectivity index (χ4n) is 1.88. The van der Waals surface area contributed by atoms with Crippen LogP contribution in [0.4, 0.5) is 0 Å². The Balaban J connectivity index is 1.88. The van der Waals surface area contributed by atoms with Crippen molar-refractivity contribution >= 4 is 5.97 Å². The van der Waals surface area contributed by atoms with Crippen LogP contribution in [0, 0.1) is 11.8 Å². The monoisotopic (exact) mass is 184 g/mol. The summed E-state index contributed by atoms with van der Waals surface area (Å²) >= 11 is 0. The van der Waals surface area contributed by atoms with Crippen LogP contribution in [0.2, 0.25) is 0 Å². The second-order valence-electron chi connectivity index (χ2n) is 4.14. The molecular weight excluding hydrogens is 164 g/mol. The first-order valence-corrected chi connectivity index (χ1v) is 5.48. The predicted molar refractivity (Wildman–Crippen MR) is 52.6 cm³/mol. The van der Waals surface area contributed by atoms with E-state index in [-0.39, 0.29) is 5.92 Å². The molecule has 0 aromatic heterocycles. The molecule has 0 bridgehead atoms. The van der Waals surface area contributed by atoms with Crippen LogP contribution in [-0.4, -0.2) is 11.1 Å². The van der Waals surface area contributed by atoms with E-state index in [1.54, 1.807) is 0 Å². The fraction of sp³-hybridized carbons (Fsp3) is 0.909. The summed E-state index contributed by atoms with van der Waals surface area (Å²) in [4.78, 5) is 10.5. The lowest BCUT2D eigenvalue weighted by Gasteiger charge is -1.98. The molecule has 0 saturated heterocycles. The zero-order valence-electron chi connectivity index (χ0n) is 8.46. The zero-order valence-corrected chi connectivity index (χ0v) is 8.46. The maximum Gasteiger partial charge on any atom is 0.306 e. The molecule has 0 heterocycles. The van der Waals surface area contributed by atoms with Crippen LogP contribution < -0.4 is 0 Å². The summed E-state index contributed by atoms with van der Waals surface area (Å²) in [5, 5.41) is 8.66. The summed E-state index contributed by atoms with van der Waals surface area (Å²) in [5.41, 5.74) is 0. The van der Waals surface area contributed by atoms with Gasteiger partial charge in [0.2, 0.25) is 0 Å². The summed E-state index contributed by atoms with van der Waals surface area (Å²) in [7, 11) is 0. The van der Waals surface area contributed by atoms with E-state index in [1.165, 1.54) is 32.1 Å². The first-order valence-electron chi connectivity index (χ1n) is 5.48. The molecule has 0 spiro atoms. The van der Waals surface area contributed by atoms with Crippen LogP contribution in [0.3, 0.4) is 0 Å². The van der Waals surface area contributed by atoms with Gasteiger partial charge in [0.15, 0.2) is 0 Å². The molecule has 0 aliphatic heterocycles. The lowest BCUT2D eigenvalue weighted by Crippen LogP contribution is -1.99. The van der Waals surface area contributed by atoms with E-state index < -0.39 is 5.97 Å². The summed E-state index contributed by atoms with van der Waals surface area (Å²) in [6, 6.07) is 0. The molecule has 0 aromatic rings. The molecule has 1 aliphatic carbocycles. The molecule has 2 nitrogen and oxygen atoms in total. The molecule has 1 saturated carbocycles. The fourth-order valence-corrected chi connectivity index (χ4v) is 1.88. The van der Waals surface area contributed by atoms with E-state index in [0.717, 1.165) is 12.8 Å². The normalized spacial score (nSPS) is 25.9. The summed E-state index contributed by atoms with van der Waals surface area (Å²) < 4.78 is 0. The van der Waals surface area contributed by atoms with Crippen LogP contribution in [0.15, 0.2) is 0 Å². The Morgan fingerprint density at radius 3 is 2.54 bits per heavy atom. The Bertz CT molecular complexity index is 165. The number of carboxylic acids is 1. The Morgan fingerprint density at radius 2 is 2.00 bits per heavy atom. The molecule has 1 rings (SSSR count). The van der Waals surface area contributed by atoms with Crippen LogP contribution >= 0.6 is 0 Å². The maximum absolute atomic E-state index is 10.5. The highest BCUT2D eigenvalue weighted by molar-refractivity contribution is 5.73. The minimum absolute atomic E-state index is 0.00572. The first kappa shape index (κ1) is 10.6. The molecule has 2 atom stereocenters. The lowest BCUT2D eigenvalue weighted by atomic mass is 10.1. The summed E-state index contributed by atoms with van der Waals surface area (Å²) in [6.07, 6.45) is 8.52. The largest absolute Gasteiger partial charge is 0.481 e. The van der Waals surface area contributed by atoms with Crippen molar-refractivity contribution in [1.82, 2.24) is 0 Å². The Labute approximate surface area is 80.3 Å². The number of hydrogen-bond donors (Lipinski definition) is 1. The molecule has 1 N–H and O–H groups in total. The van der Waals surface area contributed by atoms with Crippen LogP contribution in [-0.2, 0) is 4.79 Å². The van der Waals surface area contributed by atoms with Crippen molar-refractivity contribution in [2.75, 3.05) is 0 Å². The average Bonchev–Trinajstić information content (AvgIpc) is 2.83. The van der Waals surface area contributed by atoms with E-state index in [2.05, 4.69) is 6.92 Å². The number of carboxylic acid groups (broad SMARTS) is 1. The topological polar surface area (TPSA) is 37.3 Å². The number of carbonyl (C=O) groups is 1. The third-order valence-corrected chi connectivity index (χ3v) is 2.92. The highest BCUT2D eigenvalue weighted by Gasteiger charge is 2.42. The van der Waals surface area contributed by atoms with E-state index in [4.69, 9.17) is 5.11 Å². The van der Waals surface area contributed by atoms with Crippen molar-refractivity contribution in [3.8, 4) is 0 Å². The molecule has 2 heteroatoms. The van der Waals surface area contributed by atoms with Gasteiger partial charge in [0, 0.05) is 0 Å². The van der Waals surface area contributed by atoms with Crippen molar-refractivity contribution in [3.63, 3.8) is 0 Å². The highest BCUT2D eigenvalue weighted by atomic mass is 16.4. The SMILES string of the molecule is CCCCCCC[C@H]1C[C@@H]1C(=O)O. The van der Waals surface area contributed by atoms with Gasteiger partial charge in [-0.25, -0.2) is 0 Å². The molecule has 1 fully saturated rings. The molecular formula is C11H20O2. The number of rotatable bonds is 7. The Hall–Kier alpha value is -0.530. The third-order valence-electron chi connectivity index (χ3n) is 2.92. The van der Waals surface area contributed by atoms with E-state index >= 15 is 0 Å². The maximum atomic E-state index is 10.5. The molecule has 76 valence electrons. The zero-order chi connectivity index (χ0) is 9.68. The van der Waals surface area contributed by atoms with E-state index in [1.807, 2.05) is 0 Å². The van der Waals surface area contributed by atoms with Crippen molar-refractivity contribution in [2.45, 2.75) is 51.9 Å². The quantitative estimate of drug-likeness (QED) is 0.617. The molecule has 13 heavy (non-hydrogen) atoms. The second-order valence-corrected chi connectivity index (χ2v) is 4.14. The molecule has 0 unspecified atom stereocenters. The third kappa shape index (κ3) is 3.79. The predicted octanol–water partition coefficient (Wildman–Crippen LogP) is 3.07. The second kappa shape index (κ2) is 5.25. The Kier molecular flexibility index (Phi) is 4.26. The molecule has 0 amide bonds. The Morgan fingerprint density at radius 1 is 1.31 bits per heavy atom. The lowest BCUT2D eigenvalue weighted by molar-refractivity contribution is -0.138. The van der Waals surface area contributed by atoms with Crippen molar-refractivity contribution in [2.24, 2.45) is 11.8 Å². The smallest absolute Gasteiger partial charge is 0.306 e. The molecule has 0 aromatic carbocycles. The molecule has 0 radical (unpaired) electrons. The average molecular weight is 184 g/mol. The summed E-state index contributed by atoms with van der Waals surface area (Å²) in [6.45, 7) is 2.21. The van der Waals surface area contributed by atoms with Gasteiger partial charge >= 0.3 is 5.97 Å². The minimum atomic E-state index is -0.585. The van der Waals surface area contributed by atoms with Gasteiger partial charge in [0.05, 0.1) is 5.92 Å². The number of aliphatic carboxylic acids is 1. The summed E-state index contributed by atoms with van der Waals surface area (Å²) in [5.74, 6) is -0.0659. The van der Waals surface area contributed by atoms with Gasteiger partial charge in [-0.1, -0.05) is 39.0 Å². The van der Waals surface area contributed by atoms with Crippen molar-refractivity contribution in [3.05, 3.63) is 0 Å². The van der Waals surface area contributed by atoms with Crippen LogP contribution in [0.25, 0.3) is 0 Å². The van der Waals surface area contributed by atoms with Gasteiger partial charge in [-0.3, -0.25) is 4.79 Å². The van der Waals surface area contributed by atoms with Crippen LogP contribution in [0.1, 0.15) is 51.9 Å². The van der Waals surface area contributed by atoms with Gasteiger partial charge in [-0.15, -0.1) is 0 Å².